The van der Waals surface area contributed by atoms with Gasteiger partial charge >= 0.3 is 0 Å². The summed E-state index contributed by atoms with van der Waals surface area (Å²) in [4.78, 5) is 0. The van der Waals surface area contributed by atoms with E-state index in [0.29, 0.717) is 5.92 Å². The monoisotopic (exact) mass is 327 g/mol. The summed E-state index contributed by atoms with van der Waals surface area (Å²) in [7, 11) is 0. The molecular weight excluding hydrogens is 302 g/mol. The van der Waals surface area contributed by atoms with E-state index in [1.807, 2.05) is 0 Å². The Bertz CT molecular complexity index is 364. The molecule has 0 amide bonds. The van der Waals surface area contributed by atoms with Crippen LogP contribution in [-0.4, -0.2) is 13.2 Å². The third kappa shape index (κ3) is 5.96. The van der Waals surface area contributed by atoms with Gasteiger partial charge in [0.15, 0.2) is 0 Å². The van der Waals surface area contributed by atoms with Gasteiger partial charge in [0.05, 0.1) is 11.1 Å². The molecule has 19 heavy (non-hydrogen) atoms. The van der Waals surface area contributed by atoms with Crippen LogP contribution in [0.3, 0.4) is 0 Å². The van der Waals surface area contributed by atoms with E-state index in [-0.39, 0.29) is 0 Å². The lowest BCUT2D eigenvalue weighted by atomic mass is 10.1. The number of ether oxygens (including phenoxy) is 1. The first-order chi connectivity index (χ1) is 9.21. The Morgan fingerprint density at radius 3 is 2.53 bits per heavy atom. The van der Waals surface area contributed by atoms with Gasteiger partial charge in [0.1, 0.15) is 5.75 Å². The van der Waals surface area contributed by atoms with Crippen molar-refractivity contribution in [2.75, 3.05) is 13.2 Å². The molecule has 1 N–H and O–H groups in total. The Hall–Kier alpha value is -0.540. The average molecular weight is 328 g/mol. The highest BCUT2D eigenvalue weighted by Gasteiger charge is 2.07. The number of hydrogen-bond acceptors (Lipinski definition) is 2. The zero-order valence-electron chi connectivity index (χ0n) is 12.3. The van der Waals surface area contributed by atoms with E-state index < -0.39 is 0 Å². The van der Waals surface area contributed by atoms with Gasteiger partial charge in [-0.3, -0.25) is 0 Å². The molecule has 108 valence electrons. The molecule has 0 bridgehead atoms. The summed E-state index contributed by atoms with van der Waals surface area (Å²) in [5, 5.41) is 3.40. The van der Waals surface area contributed by atoms with Gasteiger partial charge in [-0.05, 0) is 52.5 Å². The minimum Gasteiger partial charge on any atom is -0.492 e. The third-order valence-corrected chi connectivity index (χ3v) is 4.00. The Kier molecular flexibility index (Phi) is 8.15. The van der Waals surface area contributed by atoms with Crippen molar-refractivity contribution >= 4 is 15.9 Å². The summed E-state index contributed by atoms with van der Waals surface area (Å²) in [5.41, 5.74) is 1.29. The van der Waals surface area contributed by atoms with Crippen LogP contribution in [0.15, 0.2) is 22.7 Å². The average Bonchev–Trinajstić information content (AvgIpc) is 2.42. The summed E-state index contributed by atoms with van der Waals surface area (Å²) in [6.07, 6.45) is 3.51. The zero-order valence-corrected chi connectivity index (χ0v) is 13.9. The molecule has 0 aliphatic heterocycles. The van der Waals surface area contributed by atoms with Crippen LogP contribution in [0, 0.1) is 5.92 Å². The minimum absolute atomic E-state index is 0.651. The number of benzene rings is 1. The number of halogens is 1. The van der Waals surface area contributed by atoms with Crippen LogP contribution in [0.1, 0.15) is 45.6 Å². The van der Waals surface area contributed by atoms with Crippen molar-refractivity contribution in [3.8, 4) is 5.75 Å². The quantitative estimate of drug-likeness (QED) is 0.660. The first-order valence-electron chi connectivity index (χ1n) is 7.33. The normalized spacial score (nSPS) is 11.0. The molecule has 2 nitrogen and oxygen atoms in total. The summed E-state index contributed by atoms with van der Waals surface area (Å²) < 4.78 is 6.94. The number of rotatable bonds is 9. The van der Waals surface area contributed by atoms with Gasteiger partial charge in [0.2, 0.25) is 0 Å². The molecule has 3 heteroatoms. The van der Waals surface area contributed by atoms with Crippen molar-refractivity contribution in [1.29, 1.82) is 0 Å². The lowest BCUT2D eigenvalue weighted by Gasteiger charge is -2.15. The molecule has 0 aromatic heterocycles. The van der Waals surface area contributed by atoms with Crippen molar-refractivity contribution in [1.82, 2.24) is 5.32 Å². The maximum atomic E-state index is 5.89. The van der Waals surface area contributed by atoms with Crippen LogP contribution < -0.4 is 10.1 Å². The molecular formula is C16H26BrNO. The Morgan fingerprint density at radius 1 is 1.21 bits per heavy atom. The molecule has 0 aliphatic rings. The molecule has 0 aliphatic carbocycles. The lowest BCUT2D eigenvalue weighted by molar-refractivity contribution is 0.239. The maximum Gasteiger partial charge on any atom is 0.133 e. The zero-order chi connectivity index (χ0) is 14.1. The first-order valence-corrected chi connectivity index (χ1v) is 8.12. The van der Waals surface area contributed by atoms with E-state index >= 15 is 0 Å². The predicted molar refractivity (Wildman–Crippen MR) is 85.7 cm³/mol. The minimum atomic E-state index is 0.651. The predicted octanol–water partition coefficient (Wildman–Crippen LogP) is 4.76. The Morgan fingerprint density at radius 2 is 1.95 bits per heavy atom. The molecule has 0 atom stereocenters. The SMILES string of the molecule is CCCNCc1ccc(OCC(CC)CC)c(Br)c1. The van der Waals surface area contributed by atoms with Crippen molar-refractivity contribution in [2.24, 2.45) is 5.92 Å². The van der Waals surface area contributed by atoms with Gasteiger partial charge < -0.3 is 10.1 Å². The van der Waals surface area contributed by atoms with E-state index in [1.165, 1.54) is 18.4 Å². The third-order valence-electron chi connectivity index (χ3n) is 3.38. The highest BCUT2D eigenvalue weighted by molar-refractivity contribution is 9.10. The second kappa shape index (κ2) is 9.38. The molecule has 1 aromatic carbocycles. The van der Waals surface area contributed by atoms with Crippen LogP contribution in [0.25, 0.3) is 0 Å². The molecule has 1 aromatic rings. The topological polar surface area (TPSA) is 21.3 Å². The van der Waals surface area contributed by atoms with Crippen molar-refractivity contribution in [2.45, 2.75) is 46.6 Å². The summed E-state index contributed by atoms with van der Waals surface area (Å²) in [6, 6.07) is 6.34. The lowest BCUT2D eigenvalue weighted by Crippen LogP contribution is -2.14. The molecule has 0 saturated heterocycles. The Balaban J connectivity index is 2.51. The van der Waals surface area contributed by atoms with Gasteiger partial charge in [-0.25, -0.2) is 0 Å². The fourth-order valence-electron chi connectivity index (χ4n) is 1.91. The standard InChI is InChI=1S/C16H26BrNO/c1-4-9-18-11-14-7-8-16(15(17)10-14)19-12-13(5-2)6-3/h7-8,10,13,18H,4-6,9,11-12H2,1-3H3. The van der Waals surface area contributed by atoms with E-state index in [9.17, 15) is 0 Å². The molecule has 0 fully saturated rings. The second-order valence-electron chi connectivity index (χ2n) is 4.94. The largest absolute Gasteiger partial charge is 0.492 e. The fraction of sp³-hybridized carbons (Fsp3) is 0.625. The van der Waals surface area contributed by atoms with Gasteiger partial charge in [-0.2, -0.15) is 0 Å². The summed E-state index contributed by atoms with van der Waals surface area (Å²) in [5.74, 6) is 1.60. The van der Waals surface area contributed by atoms with E-state index in [1.54, 1.807) is 0 Å². The molecule has 0 spiro atoms. The van der Waals surface area contributed by atoms with E-state index in [4.69, 9.17) is 4.74 Å². The number of nitrogens with one attached hydrogen (secondary N) is 1. The number of hydrogen-bond donors (Lipinski definition) is 1. The summed E-state index contributed by atoms with van der Waals surface area (Å²) >= 11 is 3.60. The van der Waals surface area contributed by atoms with Gasteiger partial charge in [-0.1, -0.05) is 39.7 Å². The van der Waals surface area contributed by atoms with Gasteiger partial charge in [-0.15, -0.1) is 0 Å². The fourth-order valence-corrected chi connectivity index (χ4v) is 2.45. The van der Waals surface area contributed by atoms with Gasteiger partial charge in [0, 0.05) is 6.54 Å². The molecule has 0 unspecified atom stereocenters. The first kappa shape index (κ1) is 16.5. The molecule has 0 heterocycles. The molecule has 0 saturated carbocycles. The molecule has 0 radical (unpaired) electrons. The van der Waals surface area contributed by atoms with E-state index in [2.05, 4.69) is 60.2 Å². The van der Waals surface area contributed by atoms with Gasteiger partial charge in [0.25, 0.3) is 0 Å². The smallest absolute Gasteiger partial charge is 0.133 e. The van der Waals surface area contributed by atoms with Crippen LogP contribution in [0.4, 0.5) is 0 Å². The van der Waals surface area contributed by atoms with E-state index in [0.717, 1.165) is 36.3 Å². The highest BCUT2D eigenvalue weighted by atomic mass is 79.9. The van der Waals surface area contributed by atoms with Crippen LogP contribution in [-0.2, 0) is 6.54 Å². The molecule has 1 rings (SSSR count). The summed E-state index contributed by atoms with van der Waals surface area (Å²) in [6.45, 7) is 9.39. The Labute approximate surface area is 126 Å². The van der Waals surface area contributed by atoms with Crippen LogP contribution >= 0.6 is 15.9 Å². The van der Waals surface area contributed by atoms with Crippen molar-refractivity contribution in [3.05, 3.63) is 28.2 Å². The van der Waals surface area contributed by atoms with Crippen LogP contribution in [0.2, 0.25) is 0 Å². The second-order valence-corrected chi connectivity index (χ2v) is 5.79. The van der Waals surface area contributed by atoms with Crippen molar-refractivity contribution in [3.63, 3.8) is 0 Å². The van der Waals surface area contributed by atoms with Crippen LogP contribution in [0.5, 0.6) is 5.75 Å². The highest BCUT2D eigenvalue weighted by Crippen LogP contribution is 2.27. The maximum absolute atomic E-state index is 5.89. The van der Waals surface area contributed by atoms with Crippen molar-refractivity contribution < 1.29 is 4.74 Å².